The zero-order valence-corrected chi connectivity index (χ0v) is 10.3. The van der Waals surface area contributed by atoms with Crippen LogP contribution in [0.15, 0.2) is 42.7 Å². The van der Waals surface area contributed by atoms with Gasteiger partial charge < -0.3 is 4.90 Å². The van der Waals surface area contributed by atoms with Gasteiger partial charge >= 0.3 is 0 Å². The lowest BCUT2D eigenvalue weighted by atomic mass is 10.2. The Morgan fingerprint density at radius 1 is 1.00 bits per heavy atom. The quantitative estimate of drug-likeness (QED) is 0.807. The van der Waals surface area contributed by atoms with Gasteiger partial charge in [0, 0.05) is 38.1 Å². The van der Waals surface area contributed by atoms with Gasteiger partial charge in [-0.1, -0.05) is 23.4 Å². The van der Waals surface area contributed by atoms with Gasteiger partial charge in [-0.25, -0.2) is 4.68 Å². The van der Waals surface area contributed by atoms with Crippen molar-refractivity contribution in [1.29, 1.82) is 0 Å². The van der Waals surface area contributed by atoms with E-state index in [9.17, 15) is 0 Å². The summed E-state index contributed by atoms with van der Waals surface area (Å²) in [5, 5.41) is 7.83. The molecule has 0 aliphatic carbocycles. The summed E-state index contributed by atoms with van der Waals surface area (Å²) < 4.78 is 1.87. The highest BCUT2D eigenvalue weighted by molar-refractivity contribution is 5.46. The second-order valence-corrected chi connectivity index (χ2v) is 4.52. The van der Waals surface area contributed by atoms with Gasteiger partial charge in [-0.3, -0.25) is 4.90 Å². The molecule has 5 heteroatoms. The molecule has 94 valence electrons. The van der Waals surface area contributed by atoms with Crippen LogP contribution in [-0.2, 0) is 6.67 Å². The molecular formula is C13H17N5. The van der Waals surface area contributed by atoms with Gasteiger partial charge in [0.2, 0.25) is 0 Å². The lowest BCUT2D eigenvalue weighted by Crippen LogP contribution is -2.46. The van der Waals surface area contributed by atoms with E-state index < -0.39 is 0 Å². The lowest BCUT2D eigenvalue weighted by molar-refractivity contribution is 0.194. The van der Waals surface area contributed by atoms with Crippen molar-refractivity contribution >= 4 is 5.69 Å². The summed E-state index contributed by atoms with van der Waals surface area (Å²) in [5.74, 6) is 0. The minimum absolute atomic E-state index is 0.836. The van der Waals surface area contributed by atoms with Gasteiger partial charge in [-0.15, -0.1) is 5.10 Å². The van der Waals surface area contributed by atoms with Crippen LogP contribution in [0.4, 0.5) is 5.69 Å². The second kappa shape index (κ2) is 5.18. The highest BCUT2D eigenvalue weighted by Gasteiger charge is 2.17. The van der Waals surface area contributed by atoms with Crippen LogP contribution in [0.2, 0.25) is 0 Å². The summed E-state index contributed by atoms with van der Waals surface area (Å²) in [5.41, 5.74) is 1.32. The minimum Gasteiger partial charge on any atom is -0.369 e. The number of benzene rings is 1. The SMILES string of the molecule is c1ccc(N2CCN(Cn3ccnn3)CC2)cc1. The van der Waals surface area contributed by atoms with Crippen LogP contribution in [0.5, 0.6) is 0 Å². The molecule has 0 amide bonds. The molecule has 3 rings (SSSR count). The van der Waals surface area contributed by atoms with E-state index in [4.69, 9.17) is 0 Å². The molecule has 2 heterocycles. The van der Waals surface area contributed by atoms with E-state index >= 15 is 0 Å². The molecule has 1 saturated heterocycles. The Morgan fingerprint density at radius 3 is 2.44 bits per heavy atom. The Hall–Kier alpha value is -1.88. The van der Waals surface area contributed by atoms with Crippen LogP contribution in [-0.4, -0.2) is 46.1 Å². The number of piperazine rings is 1. The molecule has 1 aromatic heterocycles. The van der Waals surface area contributed by atoms with E-state index in [2.05, 4.69) is 50.4 Å². The normalized spacial score (nSPS) is 17.0. The van der Waals surface area contributed by atoms with Crippen molar-refractivity contribution in [3.05, 3.63) is 42.7 Å². The summed E-state index contributed by atoms with van der Waals surface area (Å²) in [7, 11) is 0. The van der Waals surface area contributed by atoms with Gasteiger partial charge in [0.05, 0.1) is 12.9 Å². The van der Waals surface area contributed by atoms with Crippen molar-refractivity contribution in [3.8, 4) is 0 Å². The number of aromatic nitrogens is 3. The van der Waals surface area contributed by atoms with Crippen molar-refractivity contribution in [2.24, 2.45) is 0 Å². The maximum atomic E-state index is 4.00. The fourth-order valence-electron chi connectivity index (χ4n) is 2.30. The minimum atomic E-state index is 0.836. The van der Waals surface area contributed by atoms with Crippen LogP contribution in [0.1, 0.15) is 0 Å². The topological polar surface area (TPSA) is 37.2 Å². The first-order valence-electron chi connectivity index (χ1n) is 6.28. The van der Waals surface area contributed by atoms with E-state index in [1.165, 1.54) is 5.69 Å². The van der Waals surface area contributed by atoms with Crippen molar-refractivity contribution in [2.45, 2.75) is 6.67 Å². The highest BCUT2D eigenvalue weighted by atomic mass is 15.5. The lowest BCUT2D eigenvalue weighted by Gasteiger charge is -2.35. The number of hydrogen-bond acceptors (Lipinski definition) is 4. The van der Waals surface area contributed by atoms with Gasteiger partial charge in [-0.05, 0) is 12.1 Å². The molecule has 1 aliphatic rings. The van der Waals surface area contributed by atoms with Crippen LogP contribution in [0.25, 0.3) is 0 Å². The predicted molar refractivity (Wildman–Crippen MR) is 70.3 cm³/mol. The van der Waals surface area contributed by atoms with E-state index in [-0.39, 0.29) is 0 Å². The van der Waals surface area contributed by atoms with Crippen LogP contribution in [0, 0.1) is 0 Å². The molecule has 0 saturated carbocycles. The van der Waals surface area contributed by atoms with Crippen LogP contribution >= 0.6 is 0 Å². The number of nitrogens with zero attached hydrogens (tertiary/aromatic N) is 5. The van der Waals surface area contributed by atoms with E-state index in [0.717, 1.165) is 32.8 Å². The average molecular weight is 243 g/mol. The highest BCUT2D eigenvalue weighted by Crippen LogP contribution is 2.15. The maximum Gasteiger partial charge on any atom is 0.0947 e. The molecule has 5 nitrogen and oxygen atoms in total. The summed E-state index contributed by atoms with van der Waals surface area (Å²) >= 11 is 0. The molecular weight excluding hydrogens is 226 g/mol. The molecule has 0 unspecified atom stereocenters. The van der Waals surface area contributed by atoms with E-state index in [1.807, 2.05) is 10.9 Å². The Morgan fingerprint density at radius 2 is 1.78 bits per heavy atom. The fourth-order valence-corrected chi connectivity index (χ4v) is 2.30. The third-order valence-electron chi connectivity index (χ3n) is 3.31. The smallest absolute Gasteiger partial charge is 0.0947 e. The first-order valence-corrected chi connectivity index (χ1v) is 6.28. The Labute approximate surface area is 107 Å². The van der Waals surface area contributed by atoms with Crippen molar-refractivity contribution in [2.75, 3.05) is 31.1 Å². The largest absolute Gasteiger partial charge is 0.369 e. The van der Waals surface area contributed by atoms with Crippen molar-refractivity contribution in [3.63, 3.8) is 0 Å². The second-order valence-electron chi connectivity index (χ2n) is 4.52. The van der Waals surface area contributed by atoms with E-state index in [1.54, 1.807) is 6.20 Å². The molecule has 0 radical (unpaired) electrons. The van der Waals surface area contributed by atoms with Crippen LogP contribution < -0.4 is 4.90 Å². The molecule has 0 bridgehead atoms. The summed E-state index contributed by atoms with van der Waals surface area (Å²) in [6, 6.07) is 10.6. The monoisotopic (exact) mass is 243 g/mol. The van der Waals surface area contributed by atoms with Crippen LogP contribution in [0.3, 0.4) is 0 Å². The molecule has 1 aliphatic heterocycles. The number of hydrogen-bond donors (Lipinski definition) is 0. The van der Waals surface area contributed by atoms with Gasteiger partial charge in [-0.2, -0.15) is 0 Å². The van der Waals surface area contributed by atoms with Crippen molar-refractivity contribution < 1.29 is 0 Å². The van der Waals surface area contributed by atoms with Gasteiger partial charge in [0.1, 0.15) is 0 Å². The summed E-state index contributed by atoms with van der Waals surface area (Å²) in [6.45, 7) is 5.10. The third-order valence-corrected chi connectivity index (χ3v) is 3.31. The maximum absolute atomic E-state index is 4.00. The molecule has 0 spiro atoms. The Bertz CT molecular complexity index is 459. The first kappa shape index (κ1) is 11.2. The van der Waals surface area contributed by atoms with Gasteiger partial charge in [0.25, 0.3) is 0 Å². The molecule has 0 atom stereocenters. The molecule has 1 aromatic carbocycles. The molecule has 2 aromatic rings. The van der Waals surface area contributed by atoms with Crippen molar-refractivity contribution in [1.82, 2.24) is 19.9 Å². The van der Waals surface area contributed by atoms with E-state index in [0.29, 0.717) is 0 Å². The standard InChI is InChI=1S/C13H17N5/c1-2-4-13(5-3-1)17-10-8-16(9-11-17)12-18-7-6-14-15-18/h1-7H,8-12H2. The summed E-state index contributed by atoms with van der Waals surface area (Å²) in [4.78, 5) is 4.83. The Balaban J connectivity index is 1.55. The zero-order valence-electron chi connectivity index (χ0n) is 10.3. The number of para-hydroxylation sites is 1. The zero-order chi connectivity index (χ0) is 12.2. The summed E-state index contributed by atoms with van der Waals surface area (Å²) in [6.07, 6.45) is 3.63. The molecule has 1 fully saturated rings. The predicted octanol–water partition coefficient (Wildman–Crippen LogP) is 1.06. The average Bonchev–Trinajstić information content (AvgIpc) is 2.94. The molecule has 18 heavy (non-hydrogen) atoms. The third kappa shape index (κ3) is 2.51. The Kier molecular flexibility index (Phi) is 3.23. The number of rotatable bonds is 3. The first-order chi connectivity index (χ1) is 8.92. The van der Waals surface area contributed by atoms with Gasteiger partial charge in [0.15, 0.2) is 0 Å². The molecule has 0 N–H and O–H groups in total. The fraction of sp³-hybridized carbons (Fsp3) is 0.385. The number of anilines is 1.